The third-order valence-corrected chi connectivity index (χ3v) is 4.43. The molecule has 0 spiro atoms. The minimum Gasteiger partial charge on any atom is -0.352 e. The van der Waals surface area contributed by atoms with Crippen LogP contribution >= 0.6 is 11.6 Å². The molecule has 3 nitrogen and oxygen atoms in total. The van der Waals surface area contributed by atoms with Gasteiger partial charge in [0.15, 0.2) is 0 Å². The van der Waals surface area contributed by atoms with Gasteiger partial charge in [-0.15, -0.1) is 0 Å². The summed E-state index contributed by atoms with van der Waals surface area (Å²) in [7, 11) is 0. The molecule has 3 rings (SSSR count). The Hall–Kier alpha value is -1.91. The van der Waals surface area contributed by atoms with E-state index in [0.29, 0.717) is 5.02 Å². The number of hydrogen-bond acceptors (Lipinski definition) is 2. The monoisotopic (exact) mass is 346 g/mol. The number of carbonyl (C=O) groups is 1. The fourth-order valence-corrected chi connectivity index (χ4v) is 2.71. The maximum atomic E-state index is 13.2. The smallest absolute Gasteiger partial charge is 0.241 e. The van der Waals surface area contributed by atoms with Gasteiger partial charge < -0.3 is 5.32 Å². The predicted octanol–water partition coefficient (Wildman–Crippen LogP) is 4.15. The van der Waals surface area contributed by atoms with Gasteiger partial charge >= 0.3 is 0 Å². The van der Waals surface area contributed by atoms with Gasteiger partial charge in [0.25, 0.3) is 0 Å². The first-order valence-corrected chi connectivity index (χ1v) is 8.48. The van der Waals surface area contributed by atoms with Crippen LogP contribution in [0.25, 0.3) is 0 Å². The van der Waals surface area contributed by atoms with Crippen molar-refractivity contribution in [2.75, 3.05) is 0 Å². The zero-order valence-electron chi connectivity index (χ0n) is 13.4. The van der Waals surface area contributed by atoms with Gasteiger partial charge in [-0.25, -0.2) is 4.39 Å². The molecule has 24 heavy (non-hydrogen) atoms. The molecule has 0 radical (unpaired) electrons. The Morgan fingerprint density at radius 3 is 2.25 bits per heavy atom. The van der Waals surface area contributed by atoms with Crippen molar-refractivity contribution in [3.8, 4) is 0 Å². The van der Waals surface area contributed by atoms with E-state index in [1.165, 1.54) is 12.1 Å². The molecule has 0 heterocycles. The van der Waals surface area contributed by atoms with E-state index < -0.39 is 6.04 Å². The molecule has 0 aliphatic heterocycles. The highest BCUT2D eigenvalue weighted by atomic mass is 35.5. The normalized spacial score (nSPS) is 16.5. The summed E-state index contributed by atoms with van der Waals surface area (Å²) in [4.78, 5) is 12.6. The maximum Gasteiger partial charge on any atom is 0.241 e. The number of hydrogen-bond donors (Lipinski definition) is 2. The molecule has 126 valence electrons. The van der Waals surface area contributed by atoms with E-state index in [1.54, 1.807) is 12.1 Å². The van der Waals surface area contributed by atoms with Gasteiger partial charge in [0.2, 0.25) is 5.91 Å². The van der Waals surface area contributed by atoms with Crippen molar-refractivity contribution < 1.29 is 9.18 Å². The van der Waals surface area contributed by atoms with Crippen LogP contribution in [-0.4, -0.2) is 11.9 Å². The van der Waals surface area contributed by atoms with Crippen LogP contribution in [0, 0.1) is 5.82 Å². The van der Waals surface area contributed by atoms with Crippen LogP contribution < -0.4 is 10.6 Å². The van der Waals surface area contributed by atoms with E-state index >= 15 is 0 Å². The highest BCUT2D eigenvalue weighted by Gasteiger charge is 2.29. The summed E-state index contributed by atoms with van der Waals surface area (Å²) in [5.74, 6) is -0.393. The van der Waals surface area contributed by atoms with Crippen LogP contribution in [0.2, 0.25) is 5.02 Å². The summed E-state index contributed by atoms with van der Waals surface area (Å²) in [5, 5.41) is 7.03. The molecule has 0 aromatic heterocycles. The van der Waals surface area contributed by atoms with E-state index in [2.05, 4.69) is 10.6 Å². The molecule has 2 unspecified atom stereocenters. The molecule has 1 amide bonds. The number of benzene rings is 2. The molecule has 1 saturated carbocycles. The third-order valence-electron chi connectivity index (χ3n) is 4.18. The summed E-state index contributed by atoms with van der Waals surface area (Å²) in [6, 6.07) is 13.2. The van der Waals surface area contributed by atoms with Crippen molar-refractivity contribution in [3.05, 3.63) is 70.5 Å². The Labute approximate surface area is 146 Å². The lowest BCUT2D eigenvalue weighted by Crippen LogP contribution is -2.39. The Bertz CT molecular complexity index is 698. The molecular weight excluding hydrogens is 327 g/mol. The molecule has 1 aliphatic carbocycles. The lowest BCUT2D eigenvalue weighted by atomic mass is 10.0. The summed E-state index contributed by atoms with van der Waals surface area (Å²) in [5.41, 5.74) is 1.78. The molecule has 2 atom stereocenters. The largest absolute Gasteiger partial charge is 0.352 e. The molecule has 2 N–H and O–H groups in total. The molecule has 1 aliphatic rings. The van der Waals surface area contributed by atoms with Gasteiger partial charge in [0.05, 0.1) is 0 Å². The van der Waals surface area contributed by atoms with E-state index in [0.717, 1.165) is 24.0 Å². The molecule has 1 fully saturated rings. The summed E-state index contributed by atoms with van der Waals surface area (Å²) >= 11 is 5.93. The second-order valence-corrected chi connectivity index (χ2v) is 6.64. The highest BCUT2D eigenvalue weighted by molar-refractivity contribution is 6.30. The van der Waals surface area contributed by atoms with Crippen LogP contribution in [0.5, 0.6) is 0 Å². The number of halogens is 2. The van der Waals surface area contributed by atoms with Crippen molar-refractivity contribution in [1.29, 1.82) is 0 Å². The van der Waals surface area contributed by atoms with Crippen molar-refractivity contribution in [2.45, 2.75) is 37.9 Å². The van der Waals surface area contributed by atoms with E-state index in [4.69, 9.17) is 11.6 Å². The first kappa shape index (κ1) is 16.9. The minimum atomic E-state index is -0.531. The summed E-state index contributed by atoms with van der Waals surface area (Å²) in [6.07, 6.45) is 2.04. The lowest BCUT2D eigenvalue weighted by molar-refractivity contribution is -0.123. The van der Waals surface area contributed by atoms with Crippen molar-refractivity contribution in [2.24, 2.45) is 0 Å². The molecule has 0 saturated heterocycles. The fraction of sp³-hybridized carbons (Fsp3) is 0.316. The standard InChI is InChI=1S/C19H20ClFN2O/c1-12(13-2-6-15(20)7-3-13)22-18(19(24)23-17-10-11-17)14-4-8-16(21)9-5-14/h2-9,12,17-18,22H,10-11H2,1H3,(H,23,24). The Balaban J connectivity index is 1.79. The SMILES string of the molecule is CC(NC(C(=O)NC1CC1)c1ccc(F)cc1)c1ccc(Cl)cc1. The zero-order chi connectivity index (χ0) is 17.1. The molecular formula is C19H20ClFN2O. The number of nitrogens with one attached hydrogen (secondary N) is 2. The van der Waals surface area contributed by atoms with Crippen LogP contribution in [-0.2, 0) is 4.79 Å². The lowest BCUT2D eigenvalue weighted by Gasteiger charge is -2.23. The Kier molecular flexibility index (Phi) is 5.17. The van der Waals surface area contributed by atoms with Gasteiger partial charge in [0, 0.05) is 17.1 Å². The zero-order valence-corrected chi connectivity index (χ0v) is 14.2. The molecule has 2 aromatic rings. The van der Waals surface area contributed by atoms with Crippen LogP contribution in [0.1, 0.15) is 43.0 Å². The van der Waals surface area contributed by atoms with Crippen LogP contribution in [0.3, 0.4) is 0 Å². The molecule has 2 aromatic carbocycles. The number of carbonyl (C=O) groups excluding carboxylic acids is 1. The van der Waals surface area contributed by atoms with Gasteiger partial charge in [-0.3, -0.25) is 10.1 Å². The first-order chi connectivity index (χ1) is 11.5. The molecule has 5 heteroatoms. The molecule has 0 bridgehead atoms. The van der Waals surface area contributed by atoms with Gasteiger partial charge in [-0.05, 0) is 55.2 Å². The van der Waals surface area contributed by atoms with E-state index in [9.17, 15) is 9.18 Å². The fourth-order valence-electron chi connectivity index (χ4n) is 2.59. The van der Waals surface area contributed by atoms with E-state index in [1.807, 2.05) is 31.2 Å². The number of rotatable bonds is 6. The van der Waals surface area contributed by atoms with Gasteiger partial charge in [-0.1, -0.05) is 35.9 Å². The van der Waals surface area contributed by atoms with Gasteiger partial charge in [-0.2, -0.15) is 0 Å². The average molecular weight is 347 g/mol. The summed E-state index contributed by atoms with van der Waals surface area (Å²) in [6.45, 7) is 1.99. The van der Waals surface area contributed by atoms with E-state index in [-0.39, 0.29) is 23.8 Å². The maximum absolute atomic E-state index is 13.2. The third kappa shape index (κ3) is 4.34. The summed E-state index contributed by atoms with van der Waals surface area (Å²) < 4.78 is 13.2. The number of amides is 1. The second-order valence-electron chi connectivity index (χ2n) is 6.21. The second kappa shape index (κ2) is 7.32. The van der Waals surface area contributed by atoms with Gasteiger partial charge in [0.1, 0.15) is 11.9 Å². The van der Waals surface area contributed by atoms with Crippen molar-refractivity contribution in [1.82, 2.24) is 10.6 Å². The Morgan fingerprint density at radius 1 is 1.08 bits per heavy atom. The highest BCUT2D eigenvalue weighted by Crippen LogP contribution is 2.24. The predicted molar refractivity (Wildman–Crippen MR) is 93.3 cm³/mol. The quantitative estimate of drug-likeness (QED) is 0.825. The minimum absolute atomic E-state index is 0.0535. The first-order valence-electron chi connectivity index (χ1n) is 8.10. The van der Waals surface area contributed by atoms with Crippen LogP contribution in [0.15, 0.2) is 48.5 Å². The van der Waals surface area contributed by atoms with Crippen LogP contribution in [0.4, 0.5) is 4.39 Å². The topological polar surface area (TPSA) is 41.1 Å². The average Bonchev–Trinajstić information content (AvgIpc) is 3.38. The van der Waals surface area contributed by atoms with Crippen molar-refractivity contribution in [3.63, 3.8) is 0 Å². The Morgan fingerprint density at radius 2 is 1.67 bits per heavy atom. The van der Waals surface area contributed by atoms with Crippen molar-refractivity contribution >= 4 is 17.5 Å².